The number of carbonyl (C=O) groups is 2. The van der Waals surface area contributed by atoms with Gasteiger partial charge in [0.05, 0.1) is 17.6 Å². The maximum atomic E-state index is 12.0. The summed E-state index contributed by atoms with van der Waals surface area (Å²) in [7, 11) is 0. The Labute approximate surface area is 91.7 Å². The molecule has 1 aromatic heterocycles. The largest absolute Gasteiger partial charge is 0.320 e. The molecule has 15 heavy (non-hydrogen) atoms. The molecule has 2 aliphatic rings. The van der Waals surface area contributed by atoms with Crippen LogP contribution in [0.25, 0.3) is 0 Å². The summed E-state index contributed by atoms with van der Waals surface area (Å²) in [6, 6.07) is 1.88. The summed E-state index contributed by atoms with van der Waals surface area (Å²) in [4.78, 5) is 26.4. The molecular weight excluding hydrogens is 210 g/mol. The van der Waals surface area contributed by atoms with Gasteiger partial charge in [0, 0.05) is 11.3 Å². The molecule has 0 aromatic carbocycles. The molecule has 1 fully saturated rings. The quantitative estimate of drug-likeness (QED) is 0.725. The van der Waals surface area contributed by atoms with Crippen molar-refractivity contribution in [2.24, 2.45) is 0 Å². The molecule has 78 valence electrons. The molecule has 0 bridgehead atoms. The van der Waals surface area contributed by atoms with Gasteiger partial charge in [-0.3, -0.25) is 9.59 Å². The number of Topliss-reactive ketones (excluding diaryl/α,β-unsaturated/α-hetero) is 1. The van der Waals surface area contributed by atoms with Gasteiger partial charge in [0.1, 0.15) is 0 Å². The minimum Gasteiger partial charge on any atom is -0.320 e. The summed E-state index contributed by atoms with van der Waals surface area (Å²) in [6.07, 6.45) is 1.33. The standard InChI is InChI=1S/C11H11NO2S/c1-2-11-5-7(13)6-12(11)10(14)8-3-4-15-9(8)11/h3-4H,2,5-6H2,1H3. The van der Waals surface area contributed by atoms with Gasteiger partial charge in [-0.05, 0) is 17.9 Å². The van der Waals surface area contributed by atoms with Crippen LogP contribution in [0.5, 0.6) is 0 Å². The van der Waals surface area contributed by atoms with Crippen molar-refractivity contribution >= 4 is 23.0 Å². The molecule has 0 spiro atoms. The number of fused-ring (bicyclic) bond motifs is 3. The first-order valence-corrected chi connectivity index (χ1v) is 5.98. The Balaban J connectivity index is 2.23. The zero-order chi connectivity index (χ0) is 10.6. The maximum Gasteiger partial charge on any atom is 0.256 e. The second-order valence-corrected chi connectivity index (χ2v) is 5.07. The van der Waals surface area contributed by atoms with E-state index < -0.39 is 0 Å². The van der Waals surface area contributed by atoms with Crippen molar-refractivity contribution in [2.75, 3.05) is 6.54 Å². The molecule has 3 heterocycles. The van der Waals surface area contributed by atoms with E-state index in [1.54, 1.807) is 16.2 Å². The fourth-order valence-corrected chi connectivity index (χ4v) is 3.90. The van der Waals surface area contributed by atoms with Crippen molar-refractivity contribution in [3.05, 3.63) is 21.9 Å². The highest BCUT2D eigenvalue weighted by molar-refractivity contribution is 7.10. The summed E-state index contributed by atoms with van der Waals surface area (Å²) in [6.45, 7) is 2.35. The molecular formula is C11H11NO2S. The summed E-state index contributed by atoms with van der Waals surface area (Å²) < 4.78 is 0. The van der Waals surface area contributed by atoms with E-state index in [0.717, 1.165) is 16.9 Å². The van der Waals surface area contributed by atoms with Crippen molar-refractivity contribution in [2.45, 2.75) is 25.3 Å². The van der Waals surface area contributed by atoms with Gasteiger partial charge in [-0.15, -0.1) is 11.3 Å². The van der Waals surface area contributed by atoms with Gasteiger partial charge in [0.15, 0.2) is 5.78 Å². The van der Waals surface area contributed by atoms with Crippen molar-refractivity contribution in [3.63, 3.8) is 0 Å². The summed E-state index contributed by atoms with van der Waals surface area (Å²) >= 11 is 1.60. The smallest absolute Gasteiger partial charge is 0.256 e. The lowest BCUT2D eigenvalue weighted by molar-refractivity contribution is -0.117. The van der Waals surface area contributed by atoms with E-state index in [9.17, 15) is 9.59 Å². The van der Waals surface area contributed by atoms with E-state index in [0.29, 0.717) is 13.0 Å². The fraction of sp³-hybridized carbons (Fsp3) is 0.455. The van der Waals surface area contributed by atoms with Gasteiger partial charge in [-0.25, -0.2) is 0 Å². The van der Waals surface area contributed by atoms with Crippen LogP contribution in [0, 0.1) is 0 Å². The van der Waals surface area contributed by atoms with E-state index in [4.69, 9.17) is 0 Å². The molecule has 3 rings (SSSR count). The average molecular weight is 221 g/mol. The first-order valence-electron chi connectivity index (χ1n) is 5.10. The highest BCUT2D eigenvalue weighted by Crippen LogP contribution is 2.49. The molecule has 1 atom stereocenters. The van der Waals surface area contributed by atoms with Crippen LogP contribution in [0.15, 0.2) is 11.4 Å². The molecule has 1 amide bonds. The van der Waals surface area contributed by atoms with Crippen LogP contribution in [0.2, 0.25) is 0 Å². The molecule has 2 aliphatic heterocycles. The van der Waals surface area contributed by atoms with Crippen molar-refractivity contribution in [1.82, 2.24) is 4.90 Å². The topological polar surface area (TPSA) is 37.4 Å². The average Bonchev–Trinajstić information content (AvgIpc) is 2.84. The molecule has 1 unspecified atom stereocenters. The van der Waals surface area contributed by atoms with Crippen molar-refractivity contribution < 1.29 is 9.59 Å². The molecule has 0 saturated carbocycles. The monoisotopic (exact) mass is 221 g/mol. The van der Waals surface area contributed by atoms with E-state index in [1.165, 1.54) is 0 Å². The number of nitrogens with zero attached hydrogens (tertiary/aromatic N) is 1. The number of hydrogen-bond acceptors (Lipinski definition) is 3. The SMILES string of the molecule is CCC12CC(=O)CN1C(=O)c1ccsc12. The van der Waals surface area contributed by atoms with Crippen molar-refractivity contribution in [3.8, 4) is 0 Å². The molecule has 1 saturated heterocycles. The van der Waals surface area contributed by atoms with Crippen molar-refractivity contribution in [1.29, 1.82) is 0 Å². The van der Waals surface area contributed by atoms with Gasteiger partial charge in [0.2, 0.25) is 0 Å². The summed E-state index contributed by atoms with van der Waals surface area (Å²) in [5.41, 5.74) is 0.520. The van der Waals surface area contributed by atoms with Crippen LogP contribution in [0.1, 0.15) is 35.0 Å². The third-order valence-electron chi connectivity index (χ3n) is 3.49. The van der Waals surface area contributed by atoms with Crippen LogP contribution in [-0.4, -0.2) is 23.1 Å². The van der Waals surface area contributed by atoms with E-state index in [2.05, 4.69) is 0 Å². The lowest BCUT2D eigenvalue weighted by Gasteiger charge is -2.29. The highest BCUT2D eigenvalue weighted by Gasteiger charge is 2.54. The summed E-state index contributed by atoms with van der Waals surface area (Å²) in [5, 5.41) is 1.94. The number of carbonyl (C=O) groups excluding carboxylic acids is 2. The van der Waals surface area contributed by atoms with Gasteiger partial charge < -0.3 is 4.90 Å². The Morgan fingerprint density at radius 2 is 2.33 bits per heavy atom. The Bertz CT molecular complexity index is 465. The molecule has 0 radical (unpaired) electrons. The van der Waals surface area contributed by atoms with Crippen LogP contribution >= 0.6 is 11.3 Å². The van der Waals surface area contributed by atoms with E-state index in [1.807, 2.05) is 18.4 Å². The molecule has 4 heteroatoms. The third-order valence-corrected chi connectivity index (χ3v) is 4.60. The minimum absolute atomic E-state index is 0.0407. The highest BCUT2D eigenvalue weighted by atomic mass is 32.1. The molecule has 0 N–H and O–H groups in total. The first kappa shape index (κ1) is 9.09. The lowest BCUT2D eigenvalue weighted by atomic mass is 9.92. The zero-order valence-corrected chi connectivity index (χ0v) is 9.26. The number of rotatable bonds is 1. The Morgan fingerprint density at radius 1 is 1.53 bits per heavy atom. The normalized spacial score (nSPS) is 28.5. The minimum atomic E-state index is -0.294. The van der Waals surface area contributed by atoms with Crippen LogP contribution in [0.3, 0.4) is 0 Å². The Morgan fingerprint density at radius 3 is 3.07 bits per heavy atom. The van der Waals surface area contributed by atoms with Gasteiger partial charge in [-0.1, -0.05) is 6.92 Å². The molecule has 0 aliphatic carbocycles. The van der Waals surface area contributed by atoms with Gasteiger partial charge >= 0.3 is 0 Å². The van der Waals surface area contributed by atoms with E-state index in [-0.39, 0.29) is 17.2 Å². The van der Waals surface area contributed by atoms with Crippen LogP contribution in [0.4, 0.5) is 0 Å². The lowest BCUT2D eigenvalue weighted by Crippen LogP contribution is -2.37. The third kappa shape index (κ3) is 0.905. The van der Waals surface area contributed by atoms with E-state index >= 15 is 0 Å². The Hall–Kier alpha value is -1.16. The summed E-state index contributed by atoms with van der Waals surface area (Å²) in [5.74, 6) is 0.225. The Kier molecular flexibility index (Phi) is 1.63. The number of thiophene rings is 1. The first-order chi connectivity index (χ1) is 7.19. The van der Waals surface area contributed by atoms with Crippen LogP contribution < -0.4 is 0 Å². The number of ketones is 1. The number of amides is 1. The second kappa shape index (κ2) is 2.70. The zero-order valence-electron chi connectivity index (χ0n) is 8.45. The maximum absolute atomic E-state index is 12.0. The number of hydrogen-bond donors (Lipinski definition) is 0. The fourth-order valence-electron chi connectivity index (χ4n) is 2.73. The predicted molar refractivity (Wildman–Crippen MR) is 56.9 cm³/mol. The van der Waals surface area contributed by atoms with Gasteiger partial charge in [-0.2, -0.15) is 0 Å². The predicted octanol–water partition coefficient (Wildman–Crippen LogP) is 1.78. The van der Waals surface area contributed by atoms with Crippen LogP contribution in [-0.2, 0) is 10.3 Å². The second-order valence-electron chi connectivity index (χ2n) is 4.16. The van der Waals surface area contributed by atoms with Gasteiger partial charge in [0.25, 0.3) is 5.91 Å². The molecule has 3 nitrogen and oxygen atoms in total. The molecule has 1 aromatic rings.